The minimum atomic E-state index is -0.171. The summed E-state index contributed by atoms with van der Waals surface area (Å²) in [7, 11) is 0. The lowest BCUT2D eigenvalue weighted by atomic mass is 10.2. The summed E-state index contributed by atoms with van der Waals surface area (Å²) < 4.78 is 5.51. The lowest BCUT2D eigenvalue weighted by molar-refractivity contribution is 0.0935. The van der Waals surface area contributed by atoms with E-state index in [1.165, 1.54) is 12.8 Å². The summed E-state index contributed by atoms with van der Waals surface area (Å²) in [6.07, 6.45) is 3.99. The number of anilines is 1. The summed E-state index contributed by atoms with van der Waals surface area (Å²) in [5, 5.41) is 6.20. The molecule has 5 nitrogen and oxygen atoms in total. The molecule has 2 N–H and O–H groups in total. The summed E-state index contributed by atoms with van der Waals surface area (Å²) in [6.45, 7) is 3.78. The number of aromatic nitrogens is 1. The van der Waals surface area contributed by atoms with E-state index in [2.05, 4.69) is 15.6 Å². The van der Waals surface area contributed by atoms with Crippen molar-refractivity contribution in [2.24, 2.45) is 0 Å². The molecule has 0 saturated heterocycles. The van der Waals surface area contributed by atoms with Gasteiger partial charge in [0.05, 0.1) is 11.6 Å². The predicted octanol–water partition coefficient (Wildman–Crippen LogP) is 3.05. The lowest BCUT2D eigenvalue weighted by Crippen LogP contribution is -2.26. The number of furan rings is 1. The third-order valence-electron chi connectivity index (χ3n) is 3.49. The van der Waals surface area contributed by atoms with Crippen LogP contribution in [-0.2, 0) is 0 Å². The molecule has 2 aromatic heterocycles. The molecular weight excluding hydrogens is 266 g/mol. The molecule has 1 fully saturated rings. The number of amides is 1. The van der Waals surface area contributed by atoms with Crippen molar-refractivity contribution >= 4 is 11.7 Å². The molecule has 0 aliphatic heterocycles. The molecule has 3 rings (SSSR count). The van der Waals surface area contributed by atoms with Crippen LogP contribution in [0, 0.1) is 6.92 Å². The Labute approximate surface area is 123 Å². The van der Waals surface area contributed by atoms with Crippen LogP contribution in [0.2, 0.25) is 0 Å². The molecule has 1 saturated carbocycles. The first kappa shape index (κ1) is 13.7. The Bertz CT molecular complexity index is 629. The van der Waals surface area contributed by atoms with Gasteiger partial charge in [0.25, 0.3) is 5.91 Å². The van der Waals surface area contributed by atoms with Gasteiger partial charge >= 0.3 is 0 Å². The van der Waals surface area contributed by atoms with E-state index in [4.69, 9.17) is 4.42 Å². The van der Waals surface area contributed by atoms with Crippen molar-refractivity contribution in [3.8, 4) is 0 Å². The van der Waals surface area contributed by atoms with Gasteiger partial charge in [0, 0.05) is 12.2 Å². The van der Waals surface area contributed by atoms with Gasteiger partial charge in [-0.3, -0.25) is 4.79 Å². The van der Waals surface area contributed by atoms with Crippen LogP contribution in [0.1, 0.15) is 47.7 Å². The van der Waals surface area contributed by atoms with Gasteiger partial charge < -0.3 is 15.1 Å². The maximum Gasteiger partial charge on any atom is 0.253 e. The van der Waals surface area contributed by atoms with Gasteiger partial charge in [-0.15, -0.1) is 0 Å². The van der Waals surface area contributed by atoms with Crippen LogP contribution in [-0.4, -0.2) is 16.9 Å². The highest BCUT2D eigenvalue weighted by atomic mass is 16.3. The van der Waals surface area contributed by atoms with Gasteiger partial charge in [0.2, 0.25) is 0 Å². The smallest absolute Gasteiger partial charge is 0.253 e. The lowest BCUT2D eigenvalue weighted by Gasteiger charge is -2.11. The third kappa shape index (κ3) is 3.42. The van der Waals surface area contributed by atoms with Crippen LogP contribution >= 0.6 is 0 Å². The largest absolute Gasteiger partial charge is 0.464 e. The molecule has 0 spiro atoms. The second kappa shape index (κ2) is 5.60. The van der Waals surface area contributed by atoms with Crippen LogP contribution in [0.3, 0.4) is 0 Å². The number of rotatable bonds is 5. The fraction of sp³-hybridized carbons (Fsp3) is 0.375. The quantitative estimate of drug-likeness (QED) is 0.886. The number of hydrogen-bond donors (Lipinski definition) is 2. The van der Waals surface area contributed by atoms with Crippen molar-refractivity contribution in [1.29, 1.82) is 0 Å². The number of hydrogen-bond acceptors (Lipinski definition) is 4. The van der Waals surface area contributed by atoms with Gasteiger partial charge in [-0.1, -0.05) is 0 Å². The summed E-state index contributed by atoms with van der Waals surface area (Å²) >= 11 is 0. The van der Waals surface area contributed by atoms with E-state index >= 15 is 0 Å². The van der Waals surface area contributed by atoms with Gasteiger partial charge in [0.1, 0.15) is 17.3 Å². The standard InChI is InChI=1S/C16H19N3O2/c1-10-3-7-14(21-10)11(2)18-16(20)12-4-8-15(17-9-12)19-13-5-6-13/h3-4,7-9,11,13H,5-6H2,1-2H3,(H,17,19)(H,18,20)/t11-/m0/s1. The number of carbonyl (C=O) groups excluding carboxylic acids is 1. The minimum Gasteiger partial charge on any atom is -0.464 e. The first-order chi connectivity index (χ1) is 10.1. The third-order valence-corrected chi connectivity index (χ3v) is 3.49. The van der Waals surface area contributed by atoms with Gasteiger partial charge in [-0.25, -0.2) is 4.98 Å². The van der Waals surface area contributed by atoms with Crippen LogP contribution in [0.15, 0.2) is 34.9 Å². The van der Waals surface area contributed by atoms with E-state index in [-0.39, 0.29) is 11.9 Å². The Morgan fingerprint density at radius 3 is 2.71 bits per heavy atom. The molecule has 1 aliphatic rings. The zero-order chi connectivity index (χ0) is 14.8. The topological polar surface area (TPSA) is 67.2 Å². The number of nitrogens with one attached hydrogen (secondary N) is 2. The van der Waals surface area contributed by atoms with Gasteiger partial charge in [-0.05, 0) is 51.0 Å². The fourth-order valence-electron chi connectivity index (χ4n) is 2.09. The molecule has 0 unspecified atom stereocenters. The SMILES string of the molecule is Cc1ccc([C@H](C)NC(=O)c2ccc(NC3CC3)nc2)o1. The summed E-state index contributed by atoms with van der Waals surface area (Å²) in [5.41, 5.74) is 0.548. The summed E-state index contributed by atoms with van der Waals surface area (Å²) in [4.78, 5) is 16.4. The molecule has 1 amide bonds. The maximum absolute atomic E-state index is 12.2. The highest BCUT2D eigenvalue weighted by Gasteiger charge is 2.21. The second-order valence-corrected chi connectivity index (χ2v) is 5.49. The molecule has 110 valence electrons. The molecule has 0 bridgehead atoms. The Morgan fingerprint density at radius 2 is 2.14 bits per heavy atom. The predicted molar refractivity (Wildman–Crippen MR) is 80.2 cm³/mol. The van der Waals surface area contributed by atoms with Gasteiger partial charge in [-0.2, -0.15) is 0 Å². The first-order valence-electron chi connectivity index (χ1n) is 7.21. The fourth-order valence-corrected chi connectivity index (χ4v) is 2.09. The van der Waals surface area contributed by atoms with Crippen molar-refractivity contribution < 1.29 is 9.21 Å². The second-order valence-electron chi connectivity index (χ2n) is 5.49. The average molecular weight is 285 g/mol. The van der Waals surface area contributed by atoms with Crippen LogP contribution in [0.5, 0.6) is 0 Å². The molecule has 2 heterocycles. The van der Waals surface area contributed by atoms with Crippen LogP contribution in [0.4, 0.5) is 5.82 Å². The summed E-state index contributed by atoms with van der Waals surface area (Å²) in [5.74, 6) is 2.26. The molecule has 0 aromatic carbocycles. The van der Waals surface area contributed by atoms with E-state index in [0.717, 1.165) is 17.3 Å². The van der Waals surface area contributed by atoms with Crippen LogP contribution < -0.4 is 10.6 Å². The van der Waals surface area contributed by atoms with E-state index in [0.29, 0.717) is 11.6 Å². The van der Waals surface area contributed by atoms with E-state index in [1.807, 2.05) is 32.0 Å². The first-order valence-corrected chi connectivity index (χ1v) is 7.21. The highest BCUT2D eigenvalue weighted by molar-refractivity contribution is 5.94. The Kier molecular flexibility index (Phi) is 3.64. The zero-order valence-corrected chi connectivity index (χ0v) is 12.2. The van der Waals surface area contributed by atoms with Crippen molar-refractivity contribution in [3.63, 3.8) is 0 Å². The van der Waals surface area contributed by atoms with E-state index in [9.17, 15) is 4.79 Å². The average Bonchev–Trinajstić information content (AvgIpc) is 3.17. The molecule has 2 aromatic rings. The molecular formula is C16H19N3O2. The van der Waals surface area contributed by atoms with Crippen molar-refractivity contribution in [2.75, 3.05) is 5.32 Å². The minimum absolute atomic E-state index is 0.151. The summed E-state index contributed by atoms with van der Waals surface area (Å²) in [6, 6.07) is 7.77. The molecule has 1 atom stereocenters. The Balaban J connectivity index is 1.61. The van der Waals surface area contributed by atoms with E-state index < -0.39 is 0 Å². The highest BCUT2D eigenvalue weighted by Crippen LogP contribution is 2.23. The van der Waals surface area contributed by atoms with Gasteiger partial charge in [0.15, 0.2) is 0 Å². The Hall–Kier alpha value is -2.30. The molecule has 21 heavy (non-hydrogen) atoms. The number of carbonyl (C=O) groups is 1. The monoisotopic (exact) mass is 285 g/mol. The van der Waals surface area contributed by atoms with Crippen molar-refractivity contribution in [3.05, 3.63) is 47.5 Å². The maximum atomic E-state index is 12.2. The Morgan fingerprint density at radius 1 is 1.33 bits per heavy atom. The zero-order valence-electron chi connectivity index (χ0n) is 12.2. The van der Waals surface area contributed by atoms with Crippen molar-refractivity contribution in [2.45, 2.75) is 38.8 Å². The van der Waals surface area contributed by atoms with E-state index in [1.54, 1.807) is 12.3 Å². The molecule has 1 aliphatic carbocycles. The number of nitrogens with zero attached hydrogens (tertiary/aromatic N) is 1. The van der Waals surface area contributed by atoms with Crippen LogP contribution in [0.25, 0.3) is 0 Å². The molecule has 5 heteroatoms. The number of aryl methyl sites for hydroxylation is 1. The van der Waals surface area contributed by atoms with Crippen molar-refractivity contribution in [1.82, 2.24) is 10.3 Å². The normalized spacial score (nSPS) is 15.5. The molecule has 0 radical (unpaired) electrons. The number of pyridine rings is 1.